The van der Waals surface area contributed by atoms with Crippen LogP contribution in [0.3, 0.4) is 0 Å². The Morgan fingerprint density at radius 1 is 1.29 bits per heavy atom. The molecule has 0 saturated carbocycles. The van der Waals surface area contributed by atoms with Crippen LogP contribution in [0.2, 0.25) is 0 Å². The van der Waals surface area contributed by atoms with E-state index in [2.05, 4.69) is 10.3 Å². The van der Waals surface area contributed by atoms with Gasteiger partial charge in [0.25, 0.3) is 0 Å². The lowest BCUT2D eigenvalue weighted by atomic mass is 9.90. The Labute approximate surface area is 125 Å². The van der Waals surface area contributed by atoms with Crippen molar-refractivity contribution in [2.24, 2.45) is 0 Å². The molecule has 0 N–H and O–H groups in total. The van der Waals surface area contributed by atoms with Crippen LogP contribution in [0.25, 0.3) is 0 Å². The normalized spacial score (nSPS) is 12.4. The molecule has 0 bridgehead atoms. The third-order valence-corrected chi connectivity index (χ3v) is 4.65. The molecular formula is C13H23N3O4S. The molecule has 0 saturated heterocycles. The number of hydrogen-bond donors (Lipinski definition) is 0. The van der Waals surface area contributed by atoms with Gasteiger partial charge in [-0.15, -0.1) is 5.10 Å². The average molecular weight is 317 g/mol. The number of esters is 1. The maximum atomic E-state index is 11.9. The molecule has 120 valence electrons. The second-order valence-electron chi connectivity index (χ2n) is 5.72. The van der Waals surface area contributed by atoms with Crippen molar-refractivity contribution in [3.63, 3.8) is 0 Å². The van der Waals surface area contributed by atoms with Crippen LogP contribution in [0.15, 0.2) is 0 Å². The molecule has 1 rings (SSSR count). The summed E-state index contributed by atoms with van der Waals surface area (Å²) < 4.78 is 29.7. The van der Waals surface area contributed by atoms with E-state index in [9.17, 15) is 13.2 Å². The fourth-order valence-electron chi connectivity index (χ4n) is 1.92. The molecule has 0 aliphatic heterocycles. The molecule has 0 amide bonds. The summed E-state index contributed by atoms with van der Waals surface area (Å²) in [5.74, 6) is -0.484. The van der Waals surface area contributed by atoms with Crippen molar-refractivity contribution in [1.82, 2.24) is 15.0 Å². The molecule has 0 spiro atoms. The summed E-state index contributed by atoms with van der Waals surface area (Å²) in [5, 5.41) is 7.80. The summed E-state index contributed by atoms with van der Waals surface area (Å²) in [4.78, 5) is 11.9. The summed E-state index contributed by atoms with van der Waals surface area (Å²) in [6, 6.07) is 0. The average Bonchev–Trinajstić information content (AvgIpc) is 2.81. The predicted molar refractivity (Wildman–Crippen MR) is 79.0 cm³/mol. The van der Waals surface area contributed by atoms with Crippen LogP contribution in [0.4, 0.5) is 0 Å². The first-order valence-electron chi connectivity index (χ1n) is 6.94. The van der Waals surface area contributed by atoms with Crippen molar-refractivity contribution in [3.8, 4) is 0 Å². The van der Waals surface area contributed by atoms with Gasteiger partial charge in [-0.1, -0.05) is 32.9 Å². The summed E-state index contributed by atoms with van der Waals surface area (Å²) in [7, 11) is -3.11. The van der Waals surface area contributed by atoms with Crippen LogP contribution in [0.1, 0.15) is 50.8 Å². The zero-order valence-corrected chi connectivity index (χ0v) is 14.0. The Morgan fingerprint density at radius 2 is 1.90 bits per heavy atom. The number of hydrogen-bond acceptors (Lipinski definition) is 6. The highest BCUT2D eigenvalue weighted by molar-refractivity contribution is 7.91. The molecule has 0 fully saturated rings. The lowest BCUT2D eigenvalue weighted by molar-refractivity contribution is 0.0516. The predicted octanol–water partition coefficient (Wildman–Crippen LogP) is 1.19. The molecule has 21 heavy (non-hydrogen) atoms. The Hall–Kier alpha value is -1.44. The van der Waals surface area contributed by atoms with E-state index in [1.54, 1.807) is 13.8 Å². The number of sulfone groups is 1. The topological polar surface area (TPSA) is 91.2 Å². The van der Waals surface area contributed by atoms with Crippen molar-refractivity contribution < 1.29 is 17.9 Å². The van der Waals surface area contributed by atoms with Gasteiger partial charge in [0.15, 0.2) is 15.5 Å². The van der Waals surface area contributed by atoms with Gasteiger partial charge in [0, 0.05) is 11.2 Å². The Kier molecular flexibility index (Phi) is 5.49. The van der Waals surface area contributed by atoms with Crippen molar-refractivity contribution in [3.05, 3.63) is 11.4 Å². The summed E-state index contributed by atoms with van der Waals surface area (Å²) in [5.41, 5.74) is 0.340. The minimum Gasteiger partial charge on any atom is -0.461 e. The van der Waals surface area contributed by atoms with Crippen molar-refractivity contribution in [2.45, 2.75) is 46.6 Å². The van der Waals surface area contributed by atoms with Gasteiger partial charge in [-0.25, -0.2) is 17.9 Å². The molecule has 0 atom stereocenters. The number of carbonyl (C=O) groups is 1. The van der Waals surface area contributed by atoms with Crippen molar-refractivity contribution in [1.29, 1.82) is 0 Å². The minimum absolute atomic E-state index is 0.0296. The third kappa shape index (κ3) is 4.52. The summed E-state index contributed by atoms with van der Waals surface area (Å²) in [6.07, 6.45) is 0. The second-order valence-corrected chi connectivity index (χ2v) is 8.19. The molecular weight excluding hydrogens is 294 g/mol. The van der Waals surface area contributed by atoms with Crippen LogP contribution in [0, 0.1) is 0 Å². The molecule has 8 heteroatoms. The SMILES string of the molecule is CCOC(=O)c1nnn(CCS(=O)(=O)CC)c1C(C)(C)C. The smallest absolute Gasteiger partial charge is 0.360 e. The Balaban J connectivity index is 3.14. The van der Waals surface area contributed by atoms with Gasteiger partial charge in [0.05, 0.1) is 24.6 Å². The zero-order valence-electron chi connectivity index (χ0n) is 13.2. The highest BCUT2D eigenvalue weighted by Gasteiger charge is 2.30. The van der Waals surface area contributed by atoms with E-state index < -0.39 is 21.2 Å². The van der Waals surface area contributed by atoms with Gasteiger partial charge in [-0.3, -0.25) is 0 Å². The van der Waals surface area contributed by atoms with E-state index in [0.29, 0.717) is 5.69 Å². The van der Waals surface area contributed by atoms with Crippen LogP contribution < -0.4 is 0 Å². The van der Waals surface area contributed by atoms with E-state index in [0.717, 1.165) is 0 Å². The maximum Gasteiger partial charge on any atom is 0.360 e. The largest absolute Gasteiger partial charge is 0.461 e. The molecule has 1 aromatic rings. The number of carbonyl (C=O) groups excluding carboxylic acids is 1. The van der Waals surface area contributed by atoms with E-state index in [4.69, 9.17) is 4.74 Å². The summed E-state index contributed by atoms with van der Waals surface area (Å²) >= 11 is 0. The number of ether oxygens (including phenoxy) is 1. The second kappa shape index (κ2) is 6.55. The first-order valence-corrected chi connectivity index (χ1v) is 8.76. The maximum absolute atomic E-state index is 11.9. The van der Waals surface area contributed by atoms with E-state index >= 15 is 0 Å². The van der Waals surface area contributed by atoms with Crippen LogP contribution in [-0.4, -0.2) is 47.5 Å². The van der Waals surface area contributed by atoms with Crippen LogP contribution >= 0.6 is 0 Å². The number of aromatic nitrogens is 3. The fraction of sp³-hybridized carbons (Fsp3) is 0.769. The third-order valence-electron chi connectivity index (χ3n) is 2.97. The molecule has 0 radical (unpaired) electrons. The molecule has 1 heterocycles. The van der Waals surface area contributed by atoms with Crippen molar-refractivity contribution >= 4 is 15.8 Å². The van der Waals surface area contributed by atoms with E-state index in [-0.39, 0.29) is 30.4 Å². The molecule has 7 nitrogen and oxygen atoms in total. The first-order chi connectivity index (χ1) is 9.62. The highest BCUT2D eigenvalue weighted by Crippen LogP contribution is 2.25. The van der Waals surface area contributed by atoms with E-state index in [1.165, 1.54) is 4.68 Å². The van der Waals surface area contributed by atoms with Crippen LogP contribution in [-0.2, 0) is 26.5 Å². The Morgan fingerprint density at radius 3 is 2.38 bits per heavy atom. The molecule has 1 aromatic heterocycles. The molecule has 0 aliphatic carbocycles. The number of nitrogens with zero attached hydrogens (tertiary/aromatic N) is 3. The summed E-state index contributed by atoms with van der Waals surface area (Å²) in [6.45, 7) is 9.49. The fourth-order valence-corrected chi connectivity index (χ4v) is 2.66. The highest BCUT2D eigenvalue weighted by atomic mass is 32.2. The standard InChI is InChI=1S/C13H23N3O4S/c1-6-20-12(17)10-11(13(3,4)5)16(15-14-10)8-9-21(18,19)7-2/h6-9H2,1-5H3. The lowest BCUT2D eigenvalue weighted by Crippen LogP contribution is -2.25. The van der Waals surface area contributed by atoms with Gasteiger partial charge < -0.3 is 4.74 Å². The minimum atomic E-state index is -3.11. The van der Waals surface area contributed by atoms with Gasteiger partial charge in [-0.2, -0.15) is 0 Å². The lowest BCUT2D eigenvalue weighted by Gasteiger charge is -2.20. The van der Waals surface area contributed by atoms with Crippen molar-refractivity contribution in [2.75, 3.05) is 18.1 Å². The first kappa shape index (κ1) is 17.6. The van der Waals surface area contributed by atoms with Gasteiger partial charge in [-0.05, 0) is 6.92 Å². The molecule has 0 unspecified atom stereocenters. The number of aryl methyl sites for hydroxylation is 1. The van der Waals surface area contributed by atoms with Crippen LogP contribution in [0.5, 0.6) is 0 Å². The Bertz CT molecular complexity index is 599. The van der Waals surface area contributed by atoms with E-state index in [1.807, 2.05) is 20.8 Å². The molecule has 0 aromatic carbocycles. The van der Waals surface area contributed by atoms with Gasteiger partial charge >= 0.3 is 5.97 Å². The van der Waals surface area contributed by atoms with Gasteiger partial charge in [0.2, 0.25) is 0 Å². The monoisotopic (exact) mass is 317 g/mol. The molecule has 0 aliphatic rings. The number of rotatable bonds is 6. The quantitative estimate of drug-likeness (QED) is 0.732. The zero-order chi connectivity index (χ0) is 16.3. The van der Waals surface area contributed by atoms with Gasteiger partial charge in [0.1, 0.15) is 0 Å².